The van der Waals surface area contributed by atoms with Gasteiger partial charge in [0.2, 0.25) is 0 Å². The SMILES string of the molecule is CCNc1cc(CC)nc(-c2ccc3ccccc3n2)n1. The van der Waals surface area contributed by atoms with Gasteiger partial charge in [-0.3, -0.25) is 0 Å². The van der Waals surface area contributed by atoms with Crippen LogP contribution in [0.2, 0.25) is 0 Å². The van der Waals surface area contributed by atoms with Crippen LogP contribution in [0.1, 0.15) is 19.5 Å². The largest absolute Gasteiger partial charge is 0.370 e. The summed E-state index contributed by atoms with van der Waals surface area (Å²) in [6, 6.07) is 14.1. The molecule has 0 fully saturated rings. The van der Waals surface area contributed by atoms with Crippen molar-refractivity contribution in [3.8, 4) is 11.5 Å². The van der Waals surface area contributed by atoms with Gasteiger partial charge in [-0.15, -0.1) is 0 Å². The van der Waals surface area contributed by atoms with E-state index in [2.05, 4.69) is 46.2 Å². The molecule has 0 atom stereocenters. The lowest BCUT2D eigenvalue weighted by atomic mass is 10.2. The summed E-state index contributed by atoms with van der Waals surface area (Å²) in [4.78, 5) is 13.8. The monoisotopic (exact) mass is 278 g/mol. The summed E-state index contributed by atoms with van der Waals surface area (Å²) >= 11 is 0. The summed E-state index contributed by atoms with van der Waals surface area (Å²) in [5.74, 6) is 1.53. The van der Waals surface area contributed by atoms with Gasteiger partial charge in [0.05, 0.1) is 5.52 Å². The van der Waals surface area contributed by atoms with Crippen LogP contribution in [0.3, 0.4) is 0 Å². The van der Waals surface area contributed by atoms with E-state index in [-0.39, 0.29) is 0 Å². The Morgan fingerprint density at radius 1 is 0.952 bits per heavy atom. The lowest BCUT2D eigenvalue weighted by Crippen LogP contribution is -2.04. The molecule has 0 amide bonds. The van der Waals surface area contributed by atoms with Gasteiger partial charge in [-0.25, -0.2) is 15.0 Å². The second-order valence-electron chi connectivity index (χ2n) is 4.84. The van der Waals surface area contributed by atoms with Crippen LogP contribution in [0.5, 0.6) is 0 Å². The second-order valence-corrected chi connectivity index (χ2v) is 4.84. The first-order valence-corrected chi connectivity index (χ1v) is 7.28. The van der Waals surface area contributed by atoms with Gasteiger partial charge in [-0.2, -0.15) is 0 Å². The van der Waals surface area contributed by atoms with Gasteiger partial charge in [0.15, 0.2) is 5.82 Å². The molecule has 4 heteroatoms. The van der Waals surface area contributed by atoms with Crippen LogP contribution in [-0.2, 0) is 6.42 Å². The van der Waals surface area contributed by atoms with E-state index < -0.39 is 0 Å². The van der Waals surface area contributed by atoms with Gasteiger partial charge in [0.25, 0.3) is 0 Å². The number of anilines is 1. The zero-order valence-electron chi connectivity index (χ0n) is 12.3. The zero-order valence-corrected chi connectivity index (χ0v) is 12.3. The molecule has 21 heavy (non-hydrogen) atoms. The van der Waals surface area contributed by atoms with Gasteiger partial charge < -0.3 is 5.32 Å². The summed E-state index contributed by atoms with van der Waals surface area (Å²) in [5, 5.41) is 4.38. The Bertz CT molecular complexity index is 768. The highest BCUT2D eigenvalue weighted by Crippen LogP contribution is 2.20. The predicted octanol–water partition coefficient (Wildman–Crippen LogP) is 3.69. The van der Waals surface area contributed by atoms with Crippen LogP contribution in [0.25, 0.3) is 22.4 Å². The summed E-state index contributed by atoms with van der Waals surface area (Å²) < 4.78 is 0. The van der Waals surface area contributed by atoms with Crippen LogP contribution >= 0.6 is 0 Å². The number of aryl methyl sites for hydroxylation is 1. The van der Waals surface area contributed by atoms with E-state index in [9.17, 15) is 0 Å². The molecular formula is C17H18N4. The van der Waals surface area contributed by atoms with E-state index in [1.807, 2.05) is 30.3 Å². The standard InChI is InChI=1S/C17H18N4/c1-3-13-11-16(18-4-2)21-17(19-13)15-10-9-12-7-5-6-8-14(12)20-15/h5-11H,3-4H2,1-2H3,(H,18,19,21). The van der Waals surface area contributed by atoms with Crippen LogP contribution in [0.15, 0.2) is 42.5 Å². The number of para-hydroxylation sites is 1. The van der Waals surface area contributed by atoms with Gasteiger partial charge >= 0.3 is 0 Å². The summed E-state index contributed by atoms with van der Waals surface area (Å²) in [5.41, 5.74) is 2.79. The first-order chi connectivity index (χ1) is 10.3. The van der Waals surface area contributed by atoms with Crippen LogP contribution < -0.4 is 5.32 Å². The van der Waals surface area contributed by atoms with Gasteiger partial charge in [-0.1, -0.05) is 31.2 Å². The second kappa shape index (κ2) is 5.87. The minimum Gasteiger partial charge on any atom is -0.370 e. The Labute approximate surface area is 124 Å². The number of nitrogens with zero attached hydrogens (tertiary/aromatic N) is 3. The van der Waals surface area contributed by atoms with Crippen molar-refractivity contribution in [2.24, 2.45) is 0 Å². The number of benzene rings is 1. The first kappa shape index (κ1) is 13.5. The molecule has 1 N–H and O–H groups in total. The quantitative estimate of drug-likeness (QED) is 0.791. The van der Waals surface area contributed by atoms with E-state index in [4.69, 9.17) is 0 Å². The smallest absolute Gasteiger partial charge is 0.180 e. The van der Waals surface area contributed by atoms with Crippen molar-refractivity contribution >= 4 is 16.7 Å². The molecule has 0 radical (unpaired) electrons. The topological polar surface area (TPSA) is 50.7 Å². The van der Waals surface area contributed by atoms with Crippen LogP contribution in [0.4, 0.5) is 5.82 Å². The molecule has 1 aromatic carbocycles. The Hall–Kier alpha value is -2.49. The molecule has 0 aliphatic carbocycles. The molecule has 0 saturated heterocycles. The lowest BCUT2D eigenvalue weighted by Gasteiger charge is -2.08. The molecule has 0 unspecified atom stereocenters. The molecule has 3 rings (SSSR count). The van der Waals surface area contributed by atoms with E-state index in [0.29, 0.717) is 5.82 Å². The number of aromatic nitrogens is 3. The molecule has 3 aromatic rings. The fourth-order valence-corrected chi connectivity index (χ4v) is 2.26. The van der Waals surface area contributed by atoms with Crippen molar-refractivity contribution in [2.45, 2.75) is 20.3 Å². The van der Waals surface area contributed by atoms with Gasteiger partial charge in [0, 0.05) is 23.7 Å². The summed E-state index contributed by atoms with van der Waals surface area (Å²) in [7, 11) is 0. The molecule has 2 aromatic heterocycles. The molecule has 0 spiro atoms. The average molecular weight is 278 g/mol. The third-order valence-electron chi connectivity index (χ3n) is 3.33. The molecule has 0 aliphatic heterocycles. The minimum atomic E-state index is 0.677. The molecule has 106 valence electrons. The third kappa shape index (κ3) is 2.84. The highest BCUT2D eigenvalue weighted by atomic mass is 15.0. The number of pyridine rings is 1. The van der Waals surface area contributed by atoms with E-state index >= 15 is 0 Å². The molecule has 0 bridgehead atoms. The van der Waals surface area contributed by atoms with Gasteiger partial charge in [0.1, 0.15) is 11.5 Å². The number of nitrogens with one attached hydrogen (secondary N) is 1. The Balaban J connectivity index is 2.10. The van der Waals surface area contributed by atoms with E-state index in [1.165, 1.54) is 0 Å². The van der Waals surface area contributed by atoms with Crippen molar-refractivity contribution in [2.75, 3.05) is 11.9 Å². The molecule has 0 saturated carbocycles. The Kier molecular flexibility index (Phi) is 3.77. The fraction of sp³-hybridized carbons (Fsp3) is 0.235. The third-order valence-corrected chi connectivity index (χ3v) is 3.33. The number of hydrogen-bond donors (Lipinski definition) is 1. The fourth-order valence-electron chi connectivity index (χ4n) is 2.26. The Morgan fingerprint density at radius 2 is 1.81 bits per heavy atom. The maximum Gasteiger partial charge on any atom is 0.180 e. The predicted molar refractivity (Wildman–Crippen MR) is 86.3 cm³/mol. The van der Waals surface area contributed by atoms with Crippen LogP contribution in [-0.4, -0.2) is 21.5 Å². The number of hydrogen-bond acceptors (Lipinski definition) is 4. The highest BCUT2D eigenvalue weighted by Gasteiger charge is 2.08. The van der Waals surface area contributed by atoms with Crippen molar-refractivity contribution in [1.82, 2.24) is 15.0 Å². The summed E-state index contributed by atoms with van der Waals surface area (Å²) in [6.45, 7) is 4.99. The van der Waals surface area contributed by atoms with E-state index in [1.54, 1.807) is 0 Å². The lowest BCUT2D eigenvalue weighted by molar-refractivity contribution is 0.993. The van der Waals surface area contributed by atoms with Gasteiger partial charge in [-0.05, 0) is 25.5 Å². The molecule has 4 nitrogen and oxygen atoms in total. The number of rotatable bonds is 4. The maximum absolute atomic E-state index is 4.67. The van der Waals surface area contributed by atoms with Crippen molar-refractivity contribution in [3.63, 3.8) is 0 Å². The van der Waals surface area contributed by atoms with E-state index in [0.717, 1.165) is 41.1 Å². The number of fused-ring (bicyclic) bond motifs is 1. The average Bonchev–Trinajstić information content (AvgIpc) is 2.54. The molecular weight excluding hydrogens is 260 g/mol. The normalized spacial score (nSPS) is 10.8. The van der Waals surface area contributed by atoms with Crippen molar-refractivity contribution in [1.29, 1.82) is 0 Å². The summed E-state index contributed by atoms with van der Waals surface area (Å²) in [6.07, 6.45) is 0.876. The maximum atomic E-state index is 4.67. The highest BCUT2D eigenvalue weighted by molar-refractivity contribution is 5.80. The minimum absolute atomic E-state index is 0.677. The van der Waals surface area contributed by atoms with Crippen molar-refractivity contribution < 1.29 is 0 Å². The first-order valence-electron chi connectivity index (χ1n) is 7.28. The zero-order chi connectivity index (χ0) is 14.7. The molecule has 2 heterocycles. The van der Waals surface area contributed by atoms with Crippen LogP contribution in [0, 0.1) is 0 Å². The Morgan fingerprint density at radius 3 is 2.62 bits per heavy atom. The molecule has 0 aliphatic rings. The van der Waals surface area contributed by atoms with Crippen molar-refractivity contribution in [3.05, 3.63) is 48.2 Å².